The maximum atomic E-state index is 11.1. The molecule has 0 radical (unpaired) electrons. The molecule has 17 heavy (non-hydrogen) atoms. The third-order valence-corrected chi connectivity index (χ3v) is 5.16. The lowest BCUT2D eigenvalue weighted by Gasteiger charge is -2.54. The summed E-state index contributed by atoms with van der Waals surface area (Å²) in [5.41, 5.74) is 0. The minimum Gasteiger partial charge on any atom is -0.469 e. The van der Waals surface area contributed by atoms with Crippen LogP contribution in [0, 0.1) is 23.7 Å². The number of carbonyl (C=O) groups is 1. The standard InChI is InChI=1S/C14H23NO2/c1-17-13(16)2-3-15-14-11-5-9-4-10(7-11)8-12(14)6-9/h9-12,14-15H,2-8H2,1H3. The molecule has 0 aromatic heterocycles. The molecular formula is C14H23NO2. The molecule has 0 aromatic rings. The lowest BCUT2D eigenvalue weighted by molar-refractivity contribution is -0.140. The first-order chi connectivity index (χ1) is 8.26. The van der Waals surface area contributed by atoms with E-state index in [1.807, 2.05) is 0 Å². The van der Waals surface area contributed by atoms with Crippen LogP contribution in [0.2, 0.25) is 0 Å². The van der Waals surface area contributed by atoms with Gasteiger partial charge in [-0.2, -0.15) is 0 Å². The number of nitrogens with one attached hydrogen (secondary N) is 1. The van der Waals surface area contributed by atoms with Crippen LogP contribution in [0.1, 0.15) is 38.5 Å². The first kappa shape index (κ1) is 11.5. The molecule has 0 aliphatic heterocycles. The molecule has 0 unspecified atom stereocenters. The Morgan fingerprint density at radius 3 is 2.24 bits per heavy atom. The van der Waals surface area contributed by atoms with E-state index < -0.39 is 0 Å². The summed E-state index contributed by atoms with van der Waals surface area (Å²) in [6.07, 6.45) is 7.75. The Kier molecular flexibility index (Phi) is 3.12. The Balaban J connectivity index is 1.52. The van der Waals surface area contributed by atoms with Gasteiger partial charge in [0.15, 0.2) is 0 Å². The van der Waals surface area contributed by atoms with Gasteiger partial charge in [0.25, 0.3) is 0 Å². The van der Waals surface area contributed by atoms with E-state index in [1.54, 1.807) is 0 Å². The van der Waals surface area contributed by atoms with Gasteiger partial charge in [0.05, 0.1) is 13.5 Å². The normalized spacial score (nSPS) is 42.8. The molecule has 4 aliphatic carbocycles. The van der Waals surface area contributed by atoms with Gasteiger partial charge < -0.3 is 10.1 Å². The van der Waals surface area contributed by atoms with Gasteiger partial charge in [-0.05, 0) is 55.8 Å². The van der Waals surface area contributed by atoms with Crippen molar-refractivity contribution in [1.29, 1.82) is 0 Å². The van der Waals surface area contributed by atoms with E-state index in [0.717, 1.165) is 30.2 Å². The van der Waals surface area contributed by atoms with Crippen molar-refractivity contribution in [2.24, 2.45) is 23.7 Å². The van der Waals surface area contributed by atoms with Crippen molar-refractivity contribution in [3.05, 3.63) is 0 Å². The summed E-state index contributed by atoms with van der Waals surface area (Å²) in [4.78, 5) is 11.1. The molecule has 4 aliphatic rings. The van der Waals surface area contributed by atoms with E-state index in [2.05, 4.69) is 10.1 Å². The maximum absolute atomic E-state index is 11.1. The fourth-order valence-corrected chi connectivity index (χ4v) is 4.70. The first-order valence-electron chi connectivity index (χ1n) is 7.06. The van der Waals surface area contributed by atoms with Gasteiger partial charge >= 0.3 is 5.97 Å². The van der Waals surface area contributed by atoms with E-state index >= 15 is 0 Å². The average molecular weight is 237 g/mol. The van der Waals surface area contributed by atoms with Crippen LogP contribution in [0.15, 0.2) is 0 Å². The summed E-state index contributed by atoms with van der Waals surface area (Å²) in [7, 11) is 1.46. The van der Waals surface area contributed by atoms with Crippen LogP contribution in [-0.2, 0) is 9.53 Å². The summed E-state index contributed by atoms with van der Waals surface area (Å²) in [6, 6.07) is 0.687. The SMILES string of the molecule is COC(=O)CCNC1C2CC3CC(C2)CC1C3. The molecule has 1 N–H and O–H groups in total. The number of hydrogen-bond donors (Lipinski definition) is 1. The number of ether oxygens (including phenoxy) is 1. The van der Waals surface area contributed by atoms with E-state index in [0.29, 0.717) is 12.5 Å². The summed E-state index contributed by atoms with van der Waals surface area (Å²) in [5.74, 6) is 3.74. The number of esters is 1. The first-order valence-corrected chi connectivity index (χ1v) is 7.06. The van der Waals surface area contributed by atoms with Crippen molar-refractivity contribution in [1.82, 2.24) is 5.32 Å². The van der Waals surface area contributed by atoms with Crippen LogP contribution in [0.25, 0.3) is 0 Å². The Morgan fingerprint density at radius 2 is 1.71 bits per heavy atom. The lowest BCUT2D eigenvalue weighted by Crippen LogP contribution is -2.54. The Bertz CT molecular complexity index is 275. The fraction of sp³-hybridized carbons (Fsp3) is 0.929. The summed E-state index contributed by atoms with van der Waals surface area (Å²) < 4.78 is 4.68. The predicted octanol–water partition coefficient (Wildman–Crippen LogP) is 1.96. The molecule has 0 aromatic carbocycles. The van der Waals surface area contributed by atoms with E-state index in [1.165, 1.54) is 39.2 Å². The number of hydrogen-bond acceptors (Lipinski definition) is 3. The monoisotopic (exact) mass is 237 g/mol. The molecule has 4 saturated carbocycles. The number of methoxy groups -OCH3 is 1. The lowest BCUT2D eigenvalue weighted by atomic mass is 9.54. The number of rotatable bonds is 4. The van der Waals surface area contributed by atoms with Crippen LogP contribution in [-0.4, -0.2) is 25.7 Å². The Morgan fingerprint density at radius 1 is 1.12 bits per heavy atom. The molecule has 0 spiro atoms. The van der Waals surface area contributed by atoms with Gasteiger partial charge in [-0.3, -0.25) is 4.79 Å². The Hall–Kier alpha value is -0.570. The highest BCUT2D eigenvalue weighted by atomic mass is 16.5. The maximum Gasteiger partial charge on any atom is 0.306 e. The third-order valence-electron chi connectivity index (χ3n) is 5.16. The van der Waals surface area contributed by atoms with E-state index in [4.69, 9.17) is 0 Å². The second-order valence-corrected chi connectivity index (χ2v) is 6.24. The molecule has 0 amide bonds. The molecule has 4 bridgehead atoms. The van der Waals surface area contributed by atoms with Crippen molar-refractivity contribution in [3.63, 3.8) is 0 Å². The van der Waals surface area contributed by atoms with Crippen LogP contribution < -0.4 is 5.32 Å². The topological polar surface area (TPSA) is 38.3 Å². The summed E-state index contributed by atoms with van der Waals surface area (Å²) in [5, 5.41) is 3.63. The van der Waals surface area contributed by atoms with Crippen molar-refractivity contribution in [3.8, 4) is 0 Å². The van der Waals surface area contributed by atoms with Gasteiger partial charge in [-0.25, -0.2) is 0 Å². The van der Waals surface area contributed by atoms with Crippen LogP contribution in [0.4, 0.5) is 0 Å². The molecule has 0 atom stereocenters. The third kappa shape index (κ3) is 2.22. The van der Waals surface area contributed by atoms with Crippen LogP contribution in [0.5, 0.6) is 0 Å². The minimum atomic E-state index is -0.0960. The zero-order valence-electron chi connectivity index (χ0n) is 10.7. The van der Waals surface area contributed by atoms with Crippen LogP contribution in [0.3, 0.4) is 0 Å². The number of carbonyl (C=O) groups excluding carboxylic acids is 1. The largest absolute Gasteiger partial charge is 0.469 e. The van der Waals surface area contributed by atoms with Crippen LogP contribution >= 0.6 is 0 Å². The predicted molar refractivity (Wildman–Crippen MR) is 65.5 cm³/mol. The average Bonchev–Trinajstić information content (AvgIpc) is 2.31. The van der Waals surface area contributed by atoms with Gasteiger partial charge in [0.2, 0.25) is 0 Å². The van der Waals surface area contributed by atoms with Crippen molar-refractivity contribution in [2.75, 3.05) is 13.7 Å². The molecule has 0 saturated heterocycles. The molecule has 3 nitrogen and oxygen atoms in total. The van der Waals surface area contributed by atoms with E-state index in [9.17, 15) is 4.79 Å². The molecule has 4 fully saturated rings. The molecule has 0 heterocycles. The van der Waals surface area contributed by atoms with Crippen molar-refractivity contribution < 1.29 is 9.53 Å². The minimum absolute atomic E-state index is 0.0960. The molecular weight excluding hydrogens is 214 g/mol. The quantitative estimate of drug-likeness (QED) is 0.760. The summed E-state index contributed by atoms with van der Waals surface area (Å²) >= 11 is 0. The molecule has 4 rings (SSSR count). The highest BCUT2D eigenvalue weighted by Gasteiger charge is 2.47. The van der Waals surface area contributed by atoms with Gasteiger partial charge in [0.1, 0.15) is 0 Å². The highest BCUT2D eigenvalue weighted by Crippen LogP contribution is 2.53. The highest BCUT2D eigenvalue weighted by molar-refractivity contribution is 5.69. The Labute approximate surface area is 103 Å². The van der Waals surface area contributed by atoms with Gasteiger partial charge in [-0.1, -0.05) is 0 Å². The second-order valence-electron chi connectivity index (χ2n) is 6.24. The van der Waals surface area contributed by atoms with Crippen molar-refractivity contribution in [2.45, 2.75) is 44.6 Å². The zero-order chi connectivity index (χ0) is 11.8. The fourth-order valence-electron chi connectivity index (χ4n) is 4.70. The second kappa shape index (κ2) is 4.60. The van der Waals surface area contributed by atoms with Gasteiger partial charge in [0, 0.05) is 12.6 Å². The molecule has 3 heteroatoms. The molecule has 96 valence electrons. The smallest absolute Gasteiger partial charge is 0.306 e. The zero-order valence-corrected chi connectivity index (χ0v) is 10.7. The van der Waals surface area contributed by atoms with Gasteiger partial charge in [-0.15, -0.1) is 0 Å². The van der Waals surface area contributed by atoms with Crippen molar-refractivity contribution >= 4 is 5.97 Å². The summed E-state index contributed by atoms with van der Waals surface area (Å²) in [6.45, 7) is 0.791. The van der Waals surface area contributed by atoms with E-state index in [-0.39, 0.29) is 5.97 Å².